The van der Waals surface area contributed by atoms with Gasteiger partial charge in [0.05, 0.1) is 15.8 Å². The molecule has 1 aromatic heterocycles. The summed E-state index contributed by atoms with van der Waals surface area (Å²) in [6, 6.07) is 12.0. The third-order valence-electron chi connectivity index (χ3n) is 3.35. The number of benzene rings is 2. The molecule has 0 bridgehead atoms. The zero-order valence-corrected chi connectivity index (χ0v) is 13.0. The van der Waals surface area contributed by atoms with Crippen LogP contribution in [0, 0.1) is 6.92 Å². The molecule has 3 aromatic rings. The van der Waals surface area contributed by atoms with Crippen LogP contribution in [-0.4, -0.2) is 10.1 Å². The van der Waals surface area contributed by atoms with E-state index in [0.29, 0.717) is 12.2 Å². The van der Waals surface area contributed by atoms with Gasteiger partial charge in [-0.05, 0) is 49.6 Å². The van der Waals surface area contributed by atoms with E-state index in [2.05, 4.69) is 17.6 Å². The minimum Gasteiger partial charge on any atom is -0.507 e. The number of aromatic hydroxyl groups is 1. The first-order valence-electron chi connectivity index (χ1n) is 6.87. The van der Waals surface area contributed by atoms with E-state index in [0.717, 1.165) is 37.5 Å². The summed E-state index contributed by atoms with van der Waals surface area (Å²) in [6.07, 6.45) is 0.686. The summed E-state index contributed by atoms with van der Waals surface area (Å²) in [4.78, 5) is 4.64. The molecule has 21 heavy (non-hydrogen) atoms. The molecule has 0 aliphatic rings. The van der Waals surface area contributed by atoms with Gasteiger partial charge < -0.3 is 5.11 Å². The van der Waals surface area contributed by atoms with E-state index in [9.17, 15) is 5.11 Å². The van der Waals surface area contributed by atoms with Gasteiger partial charge in [0.2, 0.25) is 0 Å². The van der Waals surface area contributed by atoms with E-state index in [4.69, 9.17) is 0 Å². The molecule has 0 amide bonds. The smallest absolute Gasteiger partial charge is 0.129 e. The van der Waals surface area contributed by atoms with Crippen LogP contribution >= 0.6 is 11.3 Å². The maximum atomic E-state index is 10.6. The number of phenols is 1. The predicted molar refractivity (Wildman–Crippen MR) is 90.0 cm³/mol. The highest BCUT2D eigenvalue weighted by Gasteiger charge is 2.14. The maximum absolute atomic E-state index is 10.6. The summed E-state index contributed by atoms with van der Waals surface area (Å²) in [5, 5.41) is 11.4. The molecule has 106 valence electrons. The van der Waals surface area contributed by atoms with Crippen molar-refractivity contribution in [1.29, 1.82) is 0 Å². The van der Waals surface area contributed by atoms with Gasteiger partial charge in [0.1, 0.15) is 10.8 Å². The number of phenolic OH excluding ortho intramolecular Hbond substituents is 1. The SMILES string of the molecule is C=C(C)Cc1cc(C)cc(-c2nc3ccccc3s2)c1O. The number of fused-ring (bicyclic) bond motifs is 1. The summed E-state index contributed by atoms with van der Waals surface area (Å²) in [5.74, 6) is 0.322. The number of aromatic nitrogens is 1. The molecule has 0 radical (unpaired) electrons. The van der Waals surface area contributed by atoms with Crippen molar-refractivity contribution in [1.82, 2.24) is 4.98 Å². The molecule has 2 aromatic carbocycles. The predicted octanol–water partition coefficient (Wildman–Crippen LogP) is 5.10. The Kier molecular flexibility index (Phi) is 3.52. The fourth-order valence-corrected chi connectivity index (χ4v) is 3.45. The van der Waals surface area contributed by atoms with E-state index in [-0.39, 0.29) is 0 Å². The van der Waals surface area contributed by atoms with Crippen LogP contribution in [0.5, 0.6) is 5.75 Å². The molecule has 0 fully saturated rings. The Labute approximate surface area is 128 Å². The van der Waals surface area contributed by atoms with Crippen LogP contribution in [-0.2, 0) is 6.42 Å². The molecule has 3 heteroatoms. The van der Waals surface area contributed by atoms with E-state index < -0.39 is 0 Å². The number of hydrogen-bond donors (Lipinski definition) is 1. The number of hydrogen-bond acceptors (Lipinski definition) is 3. The third-order valence-corrected chi connectivity index (χ3v) is 4.42. The van der Waals surface area contributed by atoms with Crippen molar-refractivity contribution in [2.45, 2.75) is 20.3 Å². The van der Waals surface area contributed by atoms with Gasteiger partial charge in [-0.3, -0.25) is 0 Å². The fraction of sp³-hybridized carbons (Fsp3) is 0.167. The Morgan fingerprint density at radius 3 is 2.76 bits per heavy atom. The molecular formula is C18H17NOS. The quantitative estimate of drug-likeness (QED) is 0.682. The average Bonchev–Trinajstić information content (AvgIpc) is 2.85. The first kappa shape index (κ1) is 13.8. The first-order chi connectivity index (χ1) is 10.0. The van der Waals surface area contributed by atoms with Gasteiger partial charge >= 0.3 is 0 Å². The average molecular weight is 295 g/mol. The second-order valence-electron chi connectivity index (χ2n) is 5.44. The van der Waals surface area contributed by atoms with E-state index in [1.807, 2.05) is 44.2 Å². The topological polar surface area (TPSA) is 33.1 Å². The number of aryl methyl sites for hydroxylation is 1. The van der Waals surface area contributed by atoms with Gasteiger partial charge in [-0.25, -0.2) is 4.98 Å². The number of nitrogens with zero attached hydrogens (tertiary/aromatic N) is 1. The normalized spacial score (nSPS) is 11.0. The van der Waals surface area contributed by atoms with E-state index in [1.54, 1.807) is 11.3 Å². The van der Waals surface area contributed by atoms with Crippen molar-refractivity contribution in [2.75, 3.05) is 0 Å². The fourth-order valence-electron chi connectivity index (χ4n) is 2.46. The standard InChI is InChI=1S/C18H17NOS/c1-11(2)8-13-9-12(3)10-14(17(13)20)18-19-15-6-4-5-7-16(15)21-18/h4-7,9-10,20H,1,8H2,2-3H3. The number of para-hydroxylation sites is 1. The molecule has 0 unspecified atom stereocenters. The summed E-state index contributed by atoms with van der Waals surface area (Å²) in [6.45, 7) is 7.95. The van der Waals surface area contributed by atoms with Crippen molar-refractivity contribution in [2.24, 2.45) is 0 Å². The summed E-state index contributed by atoms with van der Waals surface area (Å²) >= 11 is 1.61. The Balaban J connectivity index is 2.17. The van der Waals surface area contributed by atoms with Gasteiger partial charge in [0.25, 0.3) is 0 Å². The molecule has 3 rings (SSSR count). The van der Waals surface area contributed by atoms with Crippen LogP contribution in [0.2, 0.25) is 0 Å². The molecule has 0 atom stereocenters. The highest BCUT2D eigenvalue weighted by atomic mass is 32.1. The number of allylic oxidation sites excluding steroid dienone is 1. The zero-order chi connectivity index (χ0) is 15.0. The van der Waals surface area contributed by atoms with E-state index >= 15 is 0 Å². The van der Waals surface area contributed by atoms with Crippen molar-refractivity contribution in [3.63, 3.8) is 0 Å². The van der Waals surface area contributed by atoms with Crippen molar-refractivity contribution in [3.8, 4) is 16.3 Å². The molecular weight excluding hydrogens is 278 g/mol. The second kappa shape index (κ2) is 5.34. The van der Waals surface area contributed by atoms with Gasteiger partial charge in [-0.15, -0.1) is 11.3 Å². The van der Waals surface area contributed by atoms with E-state index in [1.165, 1.54) is 0 Å². The lowest BCUT2D eigenvalue weighted by Gasteiger charge is -2.10. The minimum absolute atomic E-state index is 0.322. The molecule has 0 saturated carbocycles. The number of rotatable bonds is 3. The Hall–Kier alpha value is -2.13. The molecule has 0 aliphatic heterocycles. The zero-order valence-electron chi connectivity index (χ0n) is 12.2. The lowest BCUT2D eigenvalue weighted by atomic mass is 10.00. The van der Waals surface area contributed by atoms with Crippen molar-refractivity contribution >= 4 is 21.6 Å². The first-order valence-corrected chi connectivity index (χ1v) is 7.69. The van der Waals surface area contributed by atoms with Crippen LogP contribution in [0.25, 0.3) is 20.8 Å². The maximum Gasteiger partial charge on any atom is 0.129 e. The molecule has 0 aliphatic carbocycles. The van der Waals surface area contributed by atoms with Gasteiger partial charge in [0, 0.05) is 0 Å². The van der Waals surface area contributed by atoms with Crippen molar-refractivity contribution < 1.29 is 5.11 Å². The summed E-state index contributed by atoms with van der Waals surface area (Å²) < 4.78 is 1.13. The summed E-state index contributed by atoms with van der Waals surface area (Å²) in [7, 11) is 0. The van der Waals surface area contributed by atoms with Gasteiger partial charge in [0.15, 0.2) is 0 Å². The Morgan fingerprint density at radius 2 is 2.05 bits per heavy atom. The lowest BCUT2D eigenvalue weighted by Crippen LogP contribution is -1.91. The highest BCUT2D eigenvalue weighted by Crippen LogP contribution is 2.38. The van der Waals surface area contributed by atoms with Crippen LogP contribution < -0.4 is 0 Å². The molecule has 1 heterocycles. The van der Waals surface area contributed by atoms with Crippen LogP contribution in [0.3, 0.4) is 0 Å². The minimum atomic E-state index is 0.322. The largest absolute Gasteiger partial charge is 0.507 e. The number of thiazole rings is 1. The van der Waals surface area contributed by atoms with Crippen molar-refractivity contribution in [3.05, 3.63) is 59.7 Å². The Morgan fingerprint density at radius 1 is 1.29 bits per heavy atom. The molecule has 2 nitrogen and oxygen atoms in total. The van der Waals surface area contributed by atoms with Gasteiger partial charge in [-0.1, -0.05) is 30.4 Å². The lowest BCUT2D eigenvalue weighted by molar-refractivity contribution is 0.471. The third kappa shape index (κ3) is 2.69. The molecule has 0 spiro atoms. The van der Waals surface area contributed by atoms with Gasteiger partial charge in [-0.2, -0.15) is 0 Å². The second-order valence-corrected chi connectivity index (χ2v) is 6.47. The summed E-state index contributed by atoms with van der Waals surface area (Å²) in [5.41, 5.74) is 4.86. The molecule has 0 saturated heterocycles. The molecule has 1 N–H and O–H groups in total. The van der Waals surface area contributed by atoms with Crippen LogP contribution in [0.4, 0.5) is 0 Å². The monoisotopic (exact) mass is 295 g/mol. The van der Waals surface area contributed by atoms with Crippen LogP contribution in [0.15, 0.2) is 48.6 Å². The van der Waals surface area contributed by atoms with Crippen LogP contribution in [0.1, 0.15) is 18.1 Å². The Bertz CT molecular complexity index is 799. The highest BCUT2D eigenvalue weighted by molar-refractivity contribution is 7.21.